The molecule has 0 saturated carbocycles. The van der Waals surface area contributed by atoms with Crippen molar-refractivity contribution in [1.29, 1.82) is 0 Å². The number of aliphatic hydroxyl groups is 1. The van der Waals surface area contributed by atoms with Crippen LogP contribution in [0.1, 0.15) is 54.4 Å². The van der Waals surface area contributed by atoms with Crippen molar-refractivity contribution in [2.24, 2.45) is 0 Å². The Hall–Kier alpha value is -3.32. The predicted octanol–water partition coefficient (Wildman–Crippen LogP) is 3.91. The Labute approximate surface area is 186 Å². The van der Waals surface area contributed by atoms with Crippen molar-refractivity contribution in [2.45, 2.75) is 32.7 Å². The van der Waals surface area contributed by atoms with Crippen LogP contribution in [0.15, 0.2) is 51.7 Å². The minimum absolute atomic E-state index is 0.0217. The molecule has 1 atom stereocenters. The third-order valence-electron chi connectivity index (χ3n) is 5.55. The van der Waals surface area contributed by atoms with E-state index in [1.807, 2.05) is 13.0 Å². The summed E-state index contributed by atoms with van der Waals surface area (Å²) in [6, 6.07) is 11.6. The van der Waals surface area contributed by atoms with Gasteiger partial charge in [-0.25, -0.2) is 0 Å². The maximum atomic E-state index is 13.4. The highest BCUT2D eigenvalue weighted by molar-refractivity contribution is 5.99. The van der Waals surface area contributed by atoms with Crippen LogP contribution in [-0.2, 0) is 0 Å². The number of rotatable bonds is 9. The van der Waals surface area contributed by atoms with Gasteiger partial charge in [0.2, 0.25) is 5.76 Å². The van der Waals surface area contributed by atoms with E-state index in [4.69, 9.17) is 13.9 Å². The van der Waals surface area contributed by atoms with E-state index in [1.54, 1.807) is 36.4 Å². The highest BCUT2D eigenvalue weighted by Gasteiger charge is 2.42. The van der Waals surface area contributed by atoms with Gasteiger partial charge < -0.3 is 23.9 Å². The van der Waals surface area contributed by atoms with E-state index in [0.29, 0.717) is 41.2 Å². The Kier molecular flexibility index (Phi) is 6.46. The number of fused-ring (bicyclic) bond motifs is 2. The van der Waals surface area contributed by atoms with Crippen LogP contribution < -0.4 is 14.9 Å². The molecular formula is C25H27NO6. The highest BCUT2D eigenvalue weighted by Crippen LogP contribution is 2.40. The first-order valence-corrected chi connectivity index (χ1v) is 11.0. The van der Waals surface area contributed by atoms with Crippen LogP contribution in [0.3, 0.4) is 0 Å². The molecule has 0 radical (unpaired) electrons. The molecule has 1 aliphatic heterocycles. The fourth-order valence-electron chi connectivity index (χ4n) is 4.06. The summed E-state index contributed by atoms with van der Waals surface area (Å²) in [6.45, 7) is 4.83. The molecule has 3 aromatic rings. The lowest BCUT2D eigenvalue weighted by Gasteiger charge is -2.25. The molecule has 2 aromatic carbocycles. The van der Waals surface area contributed by atoms with Gasteiger partial charge in [0.25, 0.3) is 5.91 Å². The minimum Gasteiger partial charge on any atom is -0.490 e. The average molecular weight is 437 g/mol. The molecule has 0 saturated heterocycles. The van der Waals surface area contributed by atoms with E-state index in [0.717, 1.165) is 12.8 Å². The molecule has 1 aliphatic rings. The van der Waals surface area contributed by atoms with Gasteiger partial charge in [0.1, 0.15) is 5.58 Å². The predicted molar refractivity (Wildman–Crippen MR) is 120 cm³/mol. The summed E-state index contributed by atoms with van der Waals surface area (Å²) in [5, 5.41) is 10.0. The van der Waals surface area contributed by atoms with E-state index >= 15 is 0 Å². The number of hydrogen-bond acceptors (Lipinski definition) is 6. The summed E-state index contributed by atoms with van der Waals surface area (Å²) >= 11 is 0. The molecule has 2 heterocycles. The van der Waals surface area contributed by atoms with Crippen molar-refractivity contribution < 1.29 is 23.8 Å². The number of ether oxygens (including phenoxy) is 2. The van der Waals surface area contributed by atoms with E-state index < -0.39 is 11.9 Å². The summed E-state index contributed by atoms with van der Waals surface area (Å²) in [5.74, 6) is 0.778. The molecule has 1 amide bonds. The van der Waals surface area contributed by atoms with Crippen LogP contribution in [0.25, 0.3) is 11.0 Å². The van der Waals surface area contributed by atoms with Gasteiger partial charge in [-0.05, 0) is 43.2 Å². The molecule has 1 N–H and O–H groups in total. The molecule has 0 aliphatic carbocycles. The maximum absolute atomic E-state index is 13.4. The number of hydrogen-bond donors (Lipinski definition) is 1. The highest BCUT2D eigenvalue weighted by atomic mass is 16.5. The van der Waals surface area contributed by atoms with Gasteiger partial charge in [-0.3, -0.25) is 9.59 Å². The lowest BCUT2D eigenvalue weighted by molar-refractivity contribution is 0.0691. The number of unbranched alkanes of at least 4 members (excludes halogenated alkanes) is 1. The number of para-hydroxylation sites is 1. The van der Waals surface area contributed by atoms with Crippen LogP contribution in [0.5, 0.6) is 11.5 Å². The minimum atomic E-state index is -0.686. The van der Waals surface area contributed by atoms with Crippen molar-refractivity contribution in [3.63, 3.8) is 0 Å². The molecule has 0 unspecified atom stereocenters. The van der Waals surface area contributed by atoms with Crippen molar-refractivity contribution >= 4 is 16.9 Å². The van der Waals surface area contributed by atoms with Gasteiger partial charge >= 0.3 is 0 Å². The summed E-state index contributed by atoms with van der Waals surface area (Å²) in [4.78, 5) is 28.0. The van der Waals surface area contributed by atoms with Crippen LogP contribution >= 0.6 is 0 Å². The number of nitrogens with zero attached hydrogens (tertiary/aromatic N) is 1. The zero-order valence-electron chi connectivity index (χ0n) is 18.3. The zero-order valence-corrected chi connectivity index (χ0v) is 18.3. The van der Waals surface area contributed by atoms with Gasteiger partial charge in [-0.2, -0.15) is 0 Å². The molecular weight excluding hydrogens is 410 g/mol. The van der Waals surface area contributed by atoms with E-state index in [1.165, 1.54) is 4.90 Å². The third-order valence-corrected chi connectivity index (χ3v) is 5.55. The van der Waals surface area contributed by atoms with Crippen molar-refractivity contribution in [3.8, 4) is 11.5 Å². The first kappa shape index (κ1) is 21.9. The van der Waals surface area contributed by atoms with Crippen molar-refractivity contribution in [2.75, 3.05) is 26.4 Å². The zero-order chi connectivity index (χ0) is 22.7. The lowest BCUT2D eigenvalue weighted by Crippen LogP contribution is -2.32. The SMILES string of the molecule is CCCCOc1ccc([C@@H]2c3c(oc4ccccc4c3=O)C(=O)N2CCO)cc1OCC. The molecule has 4 rings (SSSR count). The normalized spacial score (nSPS) is 15.3. The molecule has 7 nitrogen and oxygen atoms in total. The quantitative estimate of drug-likeness (QED) is 0.511. The van der Waals surface area contributed by atoms with Gasteiger partial charge in [-0.1, -0.05) is 31.5 Å². The first-order chi connectivity index (χ1) is 15.6. The second-order valence-corrected chi connectivity index (χ2v) is 7.64. The first-order valence-electron chi connectivity index (χ1n) is 11.0. The largest absolute Gasteiger partial charge is 0.490 e. The van der Waals surface area contributed by atoms with Gasteiger partial charge in [0.15, 0.2) is 16.9 Å². The second-order valence-electron chi connectivity index (χ2n) is 7.64. The maximum Gasteiger partial charge on any atom is 0.290 e. The van der Waals surface area contributed by atoms with E-state index in [-0.39, 0.29) is 29.9 Å². The number of β-amino-alcohol motifs (C(OH)–C–C–N with tert-alkyl or cyclic N) is 1. The Morgan fingerprint density at radius 2 is 1.88 bits per heavy atom. The second kappa shape index (κ2) is 9.44. The lowest BCUT2D eigenvalue weighted by atomic mass is 9.98. The smallest absolute Gasteiger partial charge is 0.290 e. The number of aliphatic hydroxyl groups excluding tert-OH is 1. The van der Waals surface area contributed by atoms with Crippen LogP contribution in [0.2, 0.25) is 0 Å². The monoisotopic (exact) mass is 437 g/mol. The fraction of sp³-hybridized carbons (Fsp3) is 0.360. The summed E-state index contributed by atoms with van der Waals surface area (Å²) in [5.41, 5.74) is 1.09. The summed E-state index contributed by atoms with van der Waals surface area (Å²) in [6.07, 6.45) is 1.94. The Bertz CT molecular complexity index is 1180. The van der Waals surface area contributed by atoms with Gasteiger partial charge in [-0.15, -0.1) is 0 Å². The molecule has 168 valence electrons. The third kappa shape index (κ3) is 3.84. The van der Waals surface area contributed by atoms with Crippen molar-refractivity contribution in [3.05, 3.63) is 69.6 Å². The number of carbonyl (C=O) groups is 1. The summed E-state index contributed by atoms with van der Waals surface area (Å²) in [7, 11) is 0. The number of benzene rings is 2. The van der Waals surface area contributed by atoms with E-state index in [9.17, 15) is 14.7 Å². The number of amides is 1. The van der Waals surface area contributed by atoms with Crippen LogP contribution in [-0.4, -0.2) is 42.3 Å². The standard InChI is InChI=1S/C25H27NO6/c1-3-5-14-31-19-11-10-16(15-20(19)30-4-2)22-21-23(28)17-8-6-7-9-18(17)32-24(21)25(29)26(22)12-13-27/h6-11,15,22,27H,3-5,12-14H2,1-2H3/t22-/m1/s1. The molecule has 0 spiro atoms. The molecule has 0 fully saturated rings. The summed E-state index contributed by atoms with van der Waals surface area (Å²) < 4.78 is 17.5. The van der Waals surface area contributed by atoms with Gasteiger partial charge in [0, 0.05) is 6.54 Å². The van der Waals surface area contributed by atoms with E-state index in [2.05, 4.69) is 6.92 Å². The van der Waals surface area contributed by atoms with Crippen LogP contribution in [0.4, 0.5) is 0 Å². The topological polar surface area (TPSA) is 89.2 Å². The fourth-order valence-corrected chi connectivity index (χ4v) is 4.06. The number of carbonyl (C=O) groups excluding carboxylic acids is 1. The Morgan fingerprint density at radius 3 is 2.62 bits per heavy atom. The Morgan fingerprint density at radius 1 is 1.06 bits per heavy atom. The molecule has 1 aromatic heterocycles. The van der Waals surface area contributed by atoms with Gasteiger partial charge in [0.05, 0.1) is 36.8 Å². The molecule has 32 heavy (non-hydrogen) atoms. The van der Waals surface area contributed by atoms with Crippen LogP contribution in [0, 0.1) is 0 Å². The van der Waals surface area contributed by atoms with Crippen molar-refractivity contribution in [1.82, 2.24) is 4.90 Å². The average Bonchev–Trinajstić information content (AvgIpc) is 3.07. The molecule has 0 bridgehead atoms. The Balaban J connectivity index is 1.85. The molecule has 7 heteroatoms.